The average Bonchev–Trinajstić information content (AvgIpc) is 2.06. The number of hydrogen-bond donors (Lipinski definition) is 0. The van der Waals surface area contributed by atoms with E-state index in [-0.39, 0.29) is 32.7 Å². The van der Waals surface area contributed by atoms with E-state index in [1.165, 1.54) is 32.1 Å². The quantitative estimate of drug-likeness (QED) is 0.641. The molecule has 1 saturated carbocycles. The summed E-state index contributed by atoms with van der Waals surface area (Å²) in [6, 6.07) is 0. The molecule has 83 valence electrons. The van der Waals surface area contributed by atoms with Gasteiger partial charge in [0.15, 0.2) is 0 Å². The Hall–Kier alpha value is 1.10. The molecule has 1 radical (unpaired) electrons. The van der Waals surface area contributed by atoms with E-state index in [2.05, 4.69) is 20.3 Å². The van der Waals surface area contributed by atoms with E-state index in [0.29, 0.717) is 0 Å². The molecule has 1 fully saturated rings. The predicted octanol–water partition coefficient (Wildman–Crippen LogP) is 4.65. The second-order valence-electron chi connectivity index (χ2n) is 4.49. The van der Waals surface area contributed by atoms with Gasteiger partial charge in [0.2, 0.25) is 0 Å². The molecule has 0 N–H and O–H groups in total. The predicted molar refractivity (Wildman–Crippen MR) is 61.4 cm³/mol. The average molecular weight is 271 g/mol. The van der Waals surface area contributed by atoms with Gasteiger partial charge >= 0.3 is 0 Å². The zero-order chi connectivity index (χ0) is 10.1. The minimum Gasteiger partial charge on any atom is -0.335 e. The molecular formula is C13H26Y-2. The van der Waals surface area contributed by atoms with Crippen LogP contribution in [0.15, 0.2) is 0 Å². The Bertz CT molecular complexity index is 93.4. The van der Waals surface area contributed by atoms with Gasteiger partial charge in [-0.3, -0.25) is 0 Å². The first-order chi connectivity index (χ1) is 6.20. The van der Waals surface area contributed by atoms with E-state index >= 15 is 0 Å². The Balaban J connectivity index is 0. The molecule has 0 aromatic heterocycles. The van der Waals surface area contributed by atoms with E-state index < -0.39 is 0 Å². The van der Waals surface area contributed by atoms with Crippen molar-refractivity contribution in [2.45, 2.75) is 59.8 Å². The van der Waals surface area contributed by atoms with Crippen molar-refractivity contribution in [3.8, 4) is 0 Å². The van der Waals surface area contributed by atoms with E-state index in [4.69, 9.17) is 0 Å². The summed E-state index contributed by atoms with van der Waals surface area (Å²) in [4.78, 5) is 0. The molecule has 0 aliphatic heterocycles. The number of rotatable bonds is 2. The van der Waals surface area contributed by atoms with Crippen LogP contribution in [0, 0.1) is 24.7 Å². The van der Waals surface area contributed by atoms with Crippen molar-refractivity contribution in [1.29, 1.82) is 0 Å². The maximum absolute atomic E-state index is 2.53. The van der Waals surface area contributed by atoms with Gasteiger partial charge in [-0.1, -0.05) is 39.5 Å². The van der Waals surface area contributed by atoms with E-state index in [0.717, 1.165) is 11.8 Å². The van der Waals surface area contributed by atoms with Crippen LogP contribution in [0.25, 0.3) is 0 Å². The van der Waals surface area contributed by atoms with Crippen molar-refractivity contribution >= 4 is 0 Å². The molecule has 14 heavy (non-hydrogen) atoms. The summed E-state index contributed by atoms with van der Waals surface area (Å²) in [5.41, 5.74) is 0. The van der Waals surface area contributed by atoms with Crippen molar-refractivity contribution in [2.24, 2.45) is 11.8 Å². The first-order valence-corrected chi connectivity index (χ1v) is 5.78. The van der Waals surface area contributed by atoms with Crippen LogP contribution in [-0.4, -0.2) is 0 Å². The molecule has 0 amide bonds. The third-order valence-electron chi connectivity index (χ3n) is 2.30. The van der Waals surface area contributed by atoms with Crippen LogP contribution < -0.4 is 0 Å². The van der Waals surface area contributed by atoms with E-state index in [1.807, 2.05) is 20.3 Å². The fraction of sp³-hybridized carbons (Fsp3) is 0.846. The SMILES string of the molecule is CC(C)CC1[CH-]CCCC1.C[CH-]C.[Y]. The van der Waals surface area contributed by atoms with Gasteiger partial charge in [-0.05, 0) is 5.92 Å². The smallest absolute Gasteiger partial charge is 0 e. The Morgan fingerprint density at radius 3 is 2.21 bits per heavy atom. The topological polar surface area (TPSA) is 0 Å². The van der Waals surface area contributed by atoms with Gasteiger partial charge in [0.25, 0.3) is 0 Å². The van der Waals surface area contributed by atoms with Gasteiger partial charge in [-0.2, -0.15) is 26.2 Å². The van der Waals surface area contributed by atoms with Crippen LogP contribution in [0.3, 0.4) is 0 Å². The zero-order valence-corrected chi connectivity index (χ0v) is 13.3. The molecule has 1 unspecified atom stereocenters. The Morgan fingerprint density at radius 2 is 1.86 bits per heavy atom. The molecule has 0 heterocycles. The largest absolute Gasteiger partial charge is 0.335 e. The van der Waals surface area contributed by atoms with Gasteiger partial charge in [0, 0.05) is 32.7 Å². The van der Waals surface area contributed by atoms with Crippen LogP contribution in [0.1, 0.15) is 59.8 Å². The number of hydrogen-bond acceptors (Lipinski definition) is 0. The van der Waals surface area contributed by atoms with Gasteiger partial charge in [-0.25, -0.2) is 0 Å². The van der Waals surface area contributed by atoms with Crippen LogP contribution in [-0.2, 0) is 32.7 Å². The molecule has 0 spiro atoms. The first-order valence-electron chi connectivity index (χ1n) is 5.78. The summed E-state index contributed by atoms with van der Waals surface area (Å²) in [6.45, 7) is 8.64. The van der Waals surface area contributed by atoms with Crippen LogP contribution in [0.2, 0.25) is 0 Å². The molecule has 0 saturated heterocycles. The molecular weight excluding hydrogens is 245 g/mol. The second-order valence-corrected chi connectivity index (χ2v) is 4.49. The Labute approximate surface area is 117 Å². The fourth-order valence-electron chi connectivity index (χ4n) is 1.84. The maximum Gasteiger partial charge on any atom is 0 e. The summed E-state index contributed by atoms with van der Waals surface area (Å²) in [6.07, 6.45) is 11.7. The summed E-state index contributed by atoms with van der Waals surface area (Å²) in [5, 5.41) is 0. The molecule has 1 rings (SSSR count). The molecule has 0 aromatic rings. The Kier molecular flexibility index (Phi) is 15.2. The van der Waals surface area contributed by atoms with E-state index in [9.17, 15) is 0 Å². The van der Waals surface area contributed by atoms with Crippen molar-refractivity contribution in [1.82, 2.24) is 0 Å². The summed E-state index contributed by atoms with van der Waals surface area (Å²) < 4.78 is 0. The minimum atomic E-state index is 0. The minimum absolute atomic E-state index is 0. The monoisotopic (exact) mass is 271 g/mol. The fourth-order valence-corrected chi connectivity index (χ4v) is 1.84. The van der Waals surface area contributed by atoms with Gasteiger partial charge < -0.3 is 12.8 Å². The Morgan fingerprint density at radius 1 is 1.29 bits per heavy atom. The van der Waals surface area contributed by atoms with Gasteiger partial charge in [0.1, 0.15) is 0 Å². The van der Waals surface area contributed by atoms with Crippen molar-refractivity contribution in [2.75, 3.05) is 0 Å². The van der Waals surface area contributed by atoms with Crippen LogP contribution >= 0.6 is 0 Å². The normalized spacial score (nSPS) is 20.8. The van der Waals surface area contributed by atoms with E-state index in [1.54, 1.807) is 0 Å². The molecule has 1 heteroatoms. The summed E-state index contributed by atoms with van der Waals surface area (Å²) >= 11 is 0. The van der Waals surface area contributed by atoms with Gasteiger partial charge in [-0.15, -0.1) is 0 Å². The van der Waals surface area contributed by atoms with Crippen LogP contribution in [0.4, 0.5) is 0 Å². The molecule has 1 aliphatic rings. The van der Waals surface area contributed by atoms with Gasteiger partial charge in [0.05, 0.1) is 0 Å². The standard InChI is InChI=1S/C10H19.C3H7.Y/c1-9(2)8-10-6-4-3-5-7-10;1-3-2;/h6,9-10H,3-5,7-8H2,1-2H3;3H,1-2H3;/q2*-1;. The third-order valence-corrected chi connectivity index (χ3v) is 2.30. The molecule has 1 atom stereocenters. The second kappa shape index (κ2) is 12.2. The van der Waals surface area contributed by atoms with Crippen molar-refractivity contribution in [3.63, 3.8) is 0 Å². The third kappa shape index (κ3) is 11.2. The molecule has 1 aliphatic carbocycles. The molecule has 0 aromatic carbocycles. The maximum atomic E-state index is 2.53. The van der Waals surface area contributed by atoms with Crippen LogP contribution in [0.5, 0.6) is 0 Å². The first kappa shape index (κ1) is 17.5. The molecule has 0 nitrogen and oxygen atoms in total. The zero-order valence-electron chi connectivity index (χ0n) is 10.4. The summed E-state index contributed by atoms with van der Waals surface area (Å²) in [5.74, 6) is 1.84. The van der Waals surface area contributed by atoms with Crippen molar-refractivity contribution < 1.29 is 32.7 Å². The van der Waals surface area contributed by atoms with Crippen molar-refractivity contribution in [3.05, 3.63) is 12.8 Å². The molecule has 0 bridgehead atoms. The summed E-state index contributed by atoms with van der Waals surface area (Å²) in [7, 11) is 0.